The largest absolute Gasteiger partial charge is 0.573 e. The van der Waals surface area contributed by atoms with Crippen LogP contribution in [-0.2, 0) is 17.9 Å². The van der Waals surface area contributed by atoms with Crippen LogP contribution in [0.3, 0.4) is 0 Å². The molecule has 7 atom stereocenters. The Hall–Kier alpha value is -2.69. The van der Waals surface area contributed by atoms with E-state index in [0.717, 1.165) is 49.7 Å². The molecule has 0 heterocycles. The minimum atomic E-state index is -4.77. The van der Waals surface area contributed by atoms with Gasteiger partial charge in [-0.25, -0.2) is 0 Å². The van der Waals surface area contributed by atoms with Gasteiger partial charge in [-0.15, -0.1) is 13.2 Å². The molecule has 0 amide bonds. The molecule has 0 saturated heterocycles. The molecule has 4 aliphatic carbocycles. The van der Waals surface area contributed by atoms with Gasteiger partial charge in [-0.3, -0.25) is 4.90 Å². The van der Waals surface area contributed by atoms with Gasteiger partial charge in [0.2, 0.25) is 0 Å². The molecule has 9 heteroatoms. The highest BCUT2D eigenvalue weighted by atomic mass is 19.4. The summed E-state index contributed by atoms with van der Waals surface area (Å²) in [6, 6.07) is 15.5. The number of aliphatic hydroxyl groups is 3. The standard InChI is InChI=1S/C38H48F3NO5/c1-35-17-14-29(43)20-28(35)10-13-32-33(35)15-18-36(2)34(32)16-19-37(36,45)25-42(21-26-8-11-31(12-9-26)47-38(39,40)41)22-30(44)24-46-23-27-6-4-3-5-7-27/h3-13,29-30,33-34,43-45H,14-25H2,1-2H3. The molecule has 0 aromatic heterocycles. The number of benzene rings is 2. The second-order valence-corrected chi connectivity index (χ2v) is 14.8. The molecule has 0 aliphatic heterocycles. The Balaban J connectivity index is 1.19. The average Bonchev–Trinajstić information content (AvgIpc) is 3.28. The van der Waals surface area contributed by atoms with E-state index in [4.69, 9.17) is 4.74 Å². The van der Waals surface area contributed by atoms with Crippen molar-refractivity contribution in [3.05, 3.63) is 89.0 Å². The lowest BCUT2D eigenvalue weighted by molar-refractivity contribution is -0.274. The first-order valence-electron chi connectivity index (χ1n) is 17.0. The fraction of sp³-hybridized carbons (Fsp3) is 0.579. The number of rotatable bonds is 11. The van der Waals surface area contributed by atoms with Gasteiger partial charge in [-0.05, 0) is 85.5 Å². The molecule has 0 spiro atoms. The van der Waals surface area contributed by atoms with Crippen molar-refractivity contribution < 1.29 is 38.0 Å². The summed E-state index contributed by atoms with van der Waals surface area (Å²) in [6.45, 7) is 5.94. The lowest BCUT2D eigenvalue weighted by Crippen LogP contribution is -2.56. The fourth-order valence-electron chi connectivity index (χ4n) is 9.20. The van der Waals surface area contributed by atoms with Gasteiger partial charge in [0, 0.05) is 25.0 Å². The first kappa shape index (κ1) is 34.2. The van der Waals surface area contributed by atoms with E-state index in [2.05, 4.69) is 30.7 Å². The van der Waals surface area contributed by atoms with Gasteiger partial charge in [0.1, 0.15) is 5.75 Å². The molecule has 3 saturated carbocycles. The molecule has 0 radical (unpaired) electrons. The van der Waals surface area contributed by atoms with E-state index in [-0.39, 0.29) is 41.8 Å². The van der Waals surface area contributed by atoms with Gasteiger partial charge in [0.15, 0.2) is 0 Å². The van der Waals surface area contributed by atoms with Crippen LogP contribution in [-0.4, -0.2) is 64.1 Å². The number of allylic oxidation sites excluding steroid dienone is 3. The molecule has 4 aliphatic rings. The van der Waals surface area contributed by atoms with E-state index in [1.165, 1.54) is 23.3 Å². The van der Waals surface area contributed by atoms with Crippen molar-refractivity contribution in [1.82, 2.24) is 4.90 Å². The van der Waals surface area contributed by atoms with Crippen molar-refractivity contribution >= 4 is 0 Å². The van der Waals surface area contributed by atoms with Crippen molar-refractivity contribution in [2.45, 2.75) is 96.1 Å². The zero-order chi connectivity index (χ0) is 33.5. The van der Waals surface area contributed by atoms with Crippen molar-refractivity contribution in [2.75, 3.05) is 19.7 Å². The summed E-state index contributed by atoms with van der Waals surface area (Å²) in [6.07, 6.45) is 4.52. The van der Waals surface area contributed by atoms with E-state index in [0.29, 0.717) is 32.0 Å². The number of alkyl halides is 3. The van der Waals surface area contributed by atoms with Crippen molar-refractivity contribution in [3.8, 4) is 5.75 Å². The minimum Gasteiger partial charge on any atom is -0.406 e. The zero-order valence-electron chi connectivity index (χ0n) is 27.4. The summed E-state index contributed by atoms with van der Waals surface area (Å²) in [4.78, 5) is 2.02. The molecule has 6 nitrogen and oxygen atoms in total. The molecule has 3 fully saturated rings. The number of hydrogen-bond donors (Lipinski definition) is 3. The van der Waals surface area contributed by atoms with Gasteiger partial charge in [-0.1, -0.05) is 79.6 Å². The second-order valence-electron chi connectivity index (χ2n) is 14.8. The normalized spacial score (nSPS) is 32.6. The average molecular weight is 656 g/mol. The second kappa shape index (κ2) is 13.3. The van der Waals surface area contributed by atoms with Gasteiger partial charge in [0.05, 0.1) is 31.0 Å². The first-order chi connectivity index (χ1) is 22.3. The minimum absolute atomic E-state index is 0.0449. The van der Waals surface area contributed by atoms with Crippen LogP contribution in [0.25, 0.3) is 0 Å². The Bertz CT molecular complexity index is 1450. The van der Waals surface area contributed by atoms with Crippen molar-refractivity contribution in [1.29, 1.82) is 0 Å². The maximum absolute atomic E-state index is 12.8. The van der Waals surface area contributed by atoms with Crippen LogP contribution in [0.5, 0.6) is 5.75 Å². The molecule has 7 unspecified atom stereocenters. The van der Waals surface area contributed by atoms with Gasteiger partial charge in [-0.2, -0.15) is 0 Å². The van der Waals surface area contributed by atoms with Gasteiger partial charge >= 0.3 is 6.36 Å². The topological polar surface area (TPSA) is 82.4 Å². The van der Waals surface area contributed by atoms with E-state index in [1.807, 2.05) is 35.2 Å². The lowest BCUT2D eigenvalue weighted by atomic mass is 9.50. The predicted octanol–water partition coefficient (Wildman–Crippen LogP) is 6.94. The number of halogens is 3. The Labute approximate surface area is 275 Å². The van der Waals surface area contributed by atoms with E-state index < -0.39 is 18.1 Å². The Morgan fingerprint density at radius 3 is 2.36 bits per heavy atom. The SMILES string of the molecule is CC12CCC(O)CC1=CC=C1C2CCC2(C)C1CCC2(O)CN(Cc1ccc(OC(F)(F)F)cc1)CC(O)COCc1ccccc1. The highest BCUT2D eigenvalue weighted by Crippen LogP contribution is 2.66. The van der Waals surface area contributed by atoms with Gasteiger partial charge in [0.25, 0.3) is 0 Å². The predicted molar refractivity (Wildman–Crippen MR) is 173 cm³/mol. The molecule has 256 valence electrons. The Morgan fingerprint density at radius 1 is 0.915 bits per heavy atom. The summed E-state index contributed by atoms with van der Waals surface area (Å²) in [5.41, 5.74) is 3.18. The summed E-state index contributed by atoms with van der Waals surface area (Å²) in [5.74, 6) is 0.350. The van der Waals surface area contributed by atoms with Crippen LogP contribution in [0, 0.1) is 22.7 Å². The number of hydrogen-bond acceptors (Lipinski definition) is 6. The third-order valence-corrected chi connectivity index (χ3v) is 11.8. The number of fused-ring (bicyclic) bond motifs is 5. The van der Waals surface area contributed by atoms with E-state index in [9.17, 15) is 28.5 Å². The molecular weight excluding hydrogens is 607 g/mol. The van der Waals surface area contributed by atoms with Crippen LogP contribution in [0.1, 0.15) is 69.9 Å². The summed E-state index contributed by atoms with van der Waals surface area (Å²) >= 11 is 0. The van der Waals surface area contributed by atoms with Crippen LogP contribution in [0.15, 0.2) is 77.9 Å². The number of ether oxygens (including phenoxy) is 2. The third-order valence-electron chi connectivity index (χ3n) is 11.8. The summed E-state index contributed by atoms with van der Waals surface area (Å²) in [7, 11) is 0. The molecule has 3 N–H and O–H groups in total. The molecule has 47 heavy (non-hydrogen) atoms. The van der Waals surface area contributed by atoms with Gasteiger partial charge < -0.3 is 24.8 Å². The fourth-order valence-corrected chi connectivity index (χ4v) is 9.20. The van der Waals surface area contributed by atoms with E-state index in [1.54, 1.807) is 12.1 Å². The highest BCUT2D eigenvalue weighted by molar-refractivity contribution is 5.39. The monoisotopic (exact) mass is 655 g/mol. The smallest absolute Gasteiger partial charge is 0.406 e. The summed E-state index contributed by atoms with van der Waals surface area (Å²) < 4.78 is 48.1. The molecule has 0 bridgehead atoms. The quantitative estimate of drug-likeness (QED) is 0.244. The Kier molecular flexibility index (Phi) is 9.68. The molecular formula is C38H48F3NO5. The summed E-state index contributed by atoms with van der Waals surface area (Å²) in [5, 5.41) is 34.0. The maximum Gasteiger partial charge on any atom is 0.573 e. The zero-order valence-corrected chi connectivity index (χ0v) is 27.4. The van der Waals surface area contributed by atoms with Crippen molar-refractivity contribution in [3.63, 3.8) is 0 Å². The van der Waals surface area contributed by atoms with E-state index >= 15 is 0 Å². The van der Waals surface area contributed by atoms with Crippen LogP contribution in [0.2, 0.25) is 0 Å². The third kappa shape index (κ3) is 7.20. The molecule has 2 aromatic rings. The Morgan fingerprint density at radius 2 is 1.64 bits per heavy atom. The van der Waals surface area contributed by atoms with Crippen LogP contribution in [0.4, 0.5) is 13.2 Å². The first-order valence-corrected chi connectivity index (χ1v) is 17.0. The molecule has 6 rings (SSSR count). The maximum atomic E-state index is 12.8. The number of aliphatic hydroxyl groups excluding tert-OH is 2. The van der Waals surface area contributed by atoms with Crippen LogP contribution >= 0.6 is 0 Å². The highest BCUT2D eigenvalue weighted by Gasteiger charge is 2.62. The van der Waals surface area contributed by atoms with Crippen LogP contribution < -0.4 is 4.74 Å². The molecule has 2 aromatic carbocycles. The lowest BCUT2D eigenvalue weighted by Gasteiger charge is -2.56. The van der Waals surface area contributed by atoms with Crippen molar-refractivity contribution in [2.24, 2.45) is 22.7 Å². The number of nitrogens with zero attached hydrogens (tertiary/aromatic N) is 1.